The Kier molecular flexibility index (Phi) is 21.8. The van der Waals surface area contributed by atoms with E-state index in [2.05, 4.69) is 27.7 Å². The van der Waals surface area contributed by atoms with Crippen molar-refractivity contribution in [2.45, 2.75) is 167 Å². The highest BCUT2D eigenvalue weighted by Gasteiger charge is 2.42. The molecule has 4 saturated carbocycles. The van der Waals surface area contributed by atoms with E-state index in [-0.39, 0.29) is 0 Å². The molecule has 4 aliphatic carbocycles. The Morgan fingerprint density at radius 2 is 0.719 bits per heavy atom. The summed E-state index contributed by atoms with van der Waals surface area (Å²) in [6.07, 6.45) is 20.6. The summed E-state index contributed by atoms with van der Waals surface area (Å²) < 4.78 is 0. The lowest BCUT2D eigenvalue weighted by Gasteiger charge is -2.34. The summed E-state index contributed by atoms with van der Waals surface area (Å²) in [5, 5.41) is 0. The zero-order valence-electron chi connectivity index (χ0n) is 25.2. The van der Waals surface area contributed by atoms with Gasteiger partial charge in [0.2, 0.25) is 0 Å². The molecule has 0 aromatic rings. The first kappa shape index (κ1) is 34.2. The van der Waals surface area contributed by atoms with Crippen molar-refractivity contribution in [2.24, 2.45) is 40.9 Å². The van der Waals surface area contributed by atoms with Gasteiger partial charge >= 0.3 is 0 Å². The Hall–Kier alpha value is 0. The van der Waals surface area contributed by atoms with Gasteiger partial charge in [-0.15, -0.1) is 0 Å². The molecule has 6 atom stereocenters. The summed E-state index contributed by atoms with van der Waals surface area (Å²) in [6, 6.07) is 0. The molecule has 0 spiro atoms. The van der Waals surface area contributed by atoms with Gasteiger partial charge in [0.05, 0.1) is 0 Å². The van der Waals surface area contributed by atoms with Gasteiger partial charge in [-0.05, 0) is 85.9 Å². The van der Waals surface area contributed by atoms with Gasteiger partial charge in [0.1, 0.15) is 0 Å². The normalized spacial score (nSPS) is 32.2. The molecule has 0 aromatic carbocycles. The maximum Gasteiger partial charge on any atom is -0.0357 e. The second-order valence-corrected chi connectivity index (χ2v) is 11.3. The Morgan fingerprint density at radius 1 is 0.438 bits per heavy atom. The molecule has 4 aliphatic rings. The fourth-order valence-corrected chi connectivity index (χ4v) is 6.69. The van der Waals surface area contributed by atoms with Gasteiger partial charge in [-0.1, -0.05) is 122 Å². The lowest BCUT2D eigenvalue weighted by molar-refractivity contribution is 0.164. The molecule has 0 heterocycles. The number of fused-ring (bicyclic) bond motifs is 2. The minimum absolute atomic E-state index is 0.500. The van der Waals surface area contributed by atoms with Crippen LogP contribution in [-0.2, 0) is 0 Å². The van der Waals surface area contributed by atoms with E-state index < -0.39 is 0 Å². The second kappa shape index (κ2) is 20.4. The Labute approximate surface area is 207 Å². The van der Waals surface area contributed by atoms with Gasteiger partial charge in [-0.25, -0.2) is 0 Å². The average Bonchev–Trinajstić information content (AvgIpc) is 3.43. The molecule has 32 heavy (non-hydrogen) atoms. The molecule has 0 aromatic heterocycles. The molecule has 0 heteroatoms. The van der Waals surface area contributed by atoms with Crippen LogP contribution in [0.2, 0.25) is 0 Å². The molecule has 4 fully saturated rings. The third-order valence-electron chi connectivity index (χ3n) is 7.57. The van der Waals surface area contributed by atoms with E-state index in [9.17, 15) is 0 Å². The van der Waals surface area contributed by atoms with Crippen LogP contribution in [0, 0.1) is 40.9 Å². The van der Waals surface area contributed by atoms with Crippen LogP contribution >= 0.6 is 0 Å². The van der Waals surface area contributed by atoms with Crippen LogP contribution in [0.1, 0.15) is 167 Å². The summed E-state index contributed by atoms with van der Waals surface area (Å²) in [7, 11) is 0. The first-order valence-corrected chi connectivity index (χ1v) is 15.4. The predicted octanol–water partition coefficient (Wildman–Crippen LogP) is 12.0. The minimum Gasteiger partial charge on any atom is -0.0683 e. The van der Waals surface area contributed by atoms with E-state index >= 15 is 0 Å². The van der Waals surface area contributed by atoms with Crippen LogP contribution in [-0.4, -0.2) is 0 Å². The monoisotopic (exact) mass is 453 g/mol. The second-order valence-electron chi connectivity index (χ2n) is 11.3. The molecule has 0 amide bonds. The highest BCUT2D eigenvalue weighted by atomic mass is 14.5. The van der Waals surface area contributed by atoms with E-state index in [0.29, 0.717) is 5.41 Å². The molecule has 196 valence electrons. The van der Waals surface area contributed by atoms with E-state index in [0.717, 1.165) is 35.5 Å². The molecule has 6 unspecified atom stereocenters. The average molecular weight is 453 g/mol. The van der Waals surface area contributed by atoms with E-state index in [1.54, 1.807) is 83.5 Å². The highest BCUT2D eigenvalue weighted by Crippen LogP contribution is 2.53. The predicted molar refractivity (Wildman–Crippen MR) is 151 cm³/mol. The topological polar surface area (TPSA) is 0 Å². The smallest absolute Gasteiger partial charge is 0.0357 e. The number of rotatable bonds is 2. The zero-order chi connectivity index (χ0) is 25.2. The standard InChI is InChI=1S/C19H32.C5H12.4C2H6/c1-3-7-18-14(5-1)9-11-16(18)13-17-12-10-15-6-2-4-8-19(15)17;1-5(2,3)4;4*1-2/h14-19H,1-13H2;1-4H3;4*1-2H3. The molecule has 0 bridgehead atoms. The number of hydrogen-bond donors (Lipinski definition) is 0. The van der Waals surface area contributed by atoms with Crippen molar-refractivity contribution in [2.75, 3.05) is 0 Å². The Bertz CT molecular complexity index is 340. The Balaban J connectivity index is 0. The highest BCUT2D eigenvalue weighted by molar-refractivity contribution is 4.93. The van der Waals surface area contributed by atoms with Gasteiger partial charge in [-0.2, -0.15) is 0 Å². The van der Waals surface area contributed by atoms with Crippen LogP contribution < -0.4 is 0 Å². The van der Waals surface area contributed by atoms with Gasteiger partial charge in [0.25, 0.3) is 0 Å². The SMILES string of the molecule is C1CCC2C(C1)CCC2CC1CCC2CCCCC21.CC.CC.CC.CC.CC(C)(C)C. The zero-order valence-corrected chi connectivity index (χ0v) is 25.2. The van der Waals surface area contributed by atoms with Gasteiger partial charge in [0, 0.05) is 0 Å². The molecule has 0 nitrogen and oxygen atoms in total. The van der Waals surface area contributed by atoms with Crippen molar-refractivity contribution in [3.8, 4) is 0 Å². The lowest BCUT2D eigenvalue weighted by atomic mass is 9.72. The van der Waals surface area contributed by atoms with Crippen molar-refractivity contribution in [1.82, 2.24) is 0 Å². The van der Waals surface area contributed by atoms with Crippen molar-refractivity contribution in [3.63, 3.8) is 0 Å². The third-order valence-corrected chi connectivity index (χ3v) is 7.57. The summed E-state index contributed by atoms with van der Waals surface area (Å²) >= 11 is 0. The van der Waals surface area contributed by atoms with Crippen LogP contribution in [0.5, 0.6) is 0 Å². The number of hydrogen-bond acceptors (Lipinski definition) is 0. The molecule has 0 N–H and O–H groups in total. The van der Waals surface area contributed by atoms with Crippen LogP contribution in [0.3, 0.4) is 0 Å². The third kappa shape index (κ3) is 13.0. The first-order chi connectivity index (χ1) is 15.4. The lowest BCUT2D eigenvalue weighted by Crippen LogP contribution is -2.24. The summed E-state index contributed by atoms with van der Waals surface area (Å²) in [5.41, 5.74) is 0.500. The molecule has 0 radical (unpaired) electrons. The van der Waals surface area contributed by atoms with E-state index in [1.807, 2.05) is 55.4 Å². The molecular weight excluding hydrogens is 384 g/mol. The fourth-order valence-electron chi connectivity index (χ4n) is 6.69. The largest absolute Gasteiger partial charge is 0.0683 e. The maximum atomic E-state index is 2.19. The summed E-state index contributed by atoms with van der Waals surface area (Å²) in [5.74, 6) is 6.93. The molecular formula is C32H68. The van der Waals surface area contributed by atoms with E-state index in [4.69, 9.17) is 0 Å². The molecule has 0 saturated heterocycles. The summed E-state index contributed by atoms with van der Waals surface area (Å²) in [4.78, 5) is 0. The van der Waals surface area contributed by atoms with Crippen LogP contribution in [0.4, 0.5) is 0 Å². The van der Waals surface area contributed by atoms with Gasteiger partial charge in [-0.3, -0.25) is 0 Å². The van der Waals surface area contributed by atoms with Gasteiger partial charge < -0.3 is 0 Å². The Morgan fingerprint density at radius 3 is 1.03 bits per heavy atom. The van der Waals surface area contributed by atoms with Crippen molar-refractivity contribution in [1.29, 1.82) is 0 Å². The fraction of sp³-hybridized carbons (Fsp3) is 1.00. The van der Waals surface area contributed by atoms with Crippen LogP contribution in [0.15, 0.2) is 0 Å². The maximum absolute atomic E-state index is 2.19. The molecule has 0 aliphatic heterocycles. The van der Waals surface area contributed by atoms with Crippen molar-refractivity contribution >= 4 is 0 Å². The van der Waals surface area contributed by atoms with Crippen molar-refractivity contribution < 1.29 is 0 Å². The van der Waals surface area contributed by atoms with Crippen molar-refractivity contribution in [3.05, 3.63) is 0 Å². The van der Waals surface area contributed by atoms with Crippen LogP contribution in [0.25, 0.3) is 0 Å². The van der Waals surface area contributed by atoms with Gasteiger partial charge in [0.15, 0.2) is 0 Å². The quantitative estimate of drug-likeness (QED) is 0.390. The minimum atomic E-state index is 0.500. The first-order valence-electron chi connectivity index (χ1n) is 15.4. The molecule has 4 rings (SSSR count). The summed E-state index contributed by atoms with van der Waals surface area (Å²) in [6.45, 7) is 24.8. The van der Waals surface area contributed by atoms with E-state index in [1.165, 1.54) is 0 Å².